The minimum atomic E-state index is 0.128. The zero-order chi connectivity index (χ0) is 13.8. The fraction of sp³-hybridized carbons (Fsp3) is 0.286. The van der Waals surface area contributed by atoms with Gasteiger partial charge in [0.15, 0.2) is 0 Å². The standard InChI is InChI=1S/C14H17BrN2OS/c1-9-12(15)7-14(19-9)13(8-16)17-10-3-5-11(18-2)6-4-10/h3-7,13,17H,8,16H2,1-2H3. The molecule has 0 aliphatic carbocycles. The first-order chi connectivity index (χ1) is 9.13. The Kier molecular flexibility index (Phi) is 4.85. The van der Waals surface area contributed by atoms with E-state index in [-0.39, 0.29) is 6.04 Å². The second-order valence-electron chi connectivity index (χ2n) is 4.21. The third-order valence-corrected chi connectivity index (χ3v) is 5.14. The van der Waals surface area contributed by atoms with Crippen LogP contribution >= 0.6 is 27.3 Å². The summed E-state index contributed by atoms with van der Waals surface area (Å²) >= 11 is 5.30. The van der Waals surface area contributed by atoms with Gasteiger partial charge in [-0.15, -0.1) is 11.3 Å². The van der Waals surface area contributed by atoms with Crippen molar-refractivity contribution in [2.75, 3.05) is 19.0 Å². The van der Waals surface area contributed by atoms with Crippen LogP contribution in [0.4, 0.5) is 5.69 Å². The zero-order valence-corrected chi connectivity index (χ0v) is 13.3. The van der Waals surface area contributed by atoms with Crippen LogP contribution in [-0.2, 0) is 0 Å². The smallest absolute Gasteiger partial charge is 0.119 e. The van der Waals surface area contributed by atoms with Crippen LogP contribution in [0.5, 0.6) is 5.75 Å². The van der Waals surface area contributed by atoms with Crippen LogP contribution in [0.2, 0.25) is 0 Å². The number of hydrogen-bond acceptors (Lipinski definition) is 4. The molecule has 0 radical (unpaired) electrons. The Bertz CT molecular complexity index is 519. The maximum absolute atomic E-state index is 5.87. The predicted octanol–water partition coefficient (Wildman–Crippen LogP) is 3.94. The molecule has 0 bridgehead atoms. The normalized spacial score (nSPS) is 12.2. The SMILES string of the molecule is COc1ccc(NC(CN)c2cc(Br)c(C)s2)cc1. The number of hydrogen-bond donors (Lipinski definition) is 2. The minimum Gasteiger partial charge on any atom is -0.497 e. The van der Waals surface area contributed by atoms with Gasteiger partial charge in [0.05, 0.1) is 13.2 Å². The molecule has 0 fully saturated rings. The quantitative estimate of drug-likeness (QED) is 0.866. The molecule has 0 saturated carbocycles. The summed E-state index contributed by atoms with van der Waals surface area (Å²) in [6.45, 7) is 2.65. The molecule has 102 valence electrons. The second-order valence-corrected chi connectivity index (χ2v) is 6.36. The molecule has 5 heteroatoms. The number of aryl methyl sites for hydroxylation is 1. The van der Waals surface area contributed by atoms with Gasteiger partial charge in [0.1, 0.15) is 5.75 Å². The zero-order valence-electron chi connectivity index (χ0n) is 10.9. The van der Waals surface area contributed by atoms with Crippen LogP contribution < -0.4 is 15.8 Å². The van der Waals surface area contributed by atoms with Gasteiger partial charge >= 0.3 is 0 Å². The highest BCUT2D eigenvalue weighted by molar-refractivity contribution is 9.10. The van der Waals surface area contributed by atoms with E-state index in [1.165, 1.54) is 9.75 Å². The van der Waals surface area contributed by atoms with Gasteiger partial charge in [-0.3, -0.25) is 0 Å². The van der Waals surface area contributed by atoms with Crippen molar-refractivity contribution in [1.29, 1.82) is 0 Å². The lowest BCUT2D eigenvalue weighted by Gasteiger charge is -2.17. The predicted molar refractivity (Wildman–Crippen MR) is 85.2 cm³/mol. The molecule has 0 aliphatic heterocycles. The number of rotatable bonds is 5. The second kappa shape index (κ2) is 6.41. The Labute approximate surface area is 125 Å². The number of nitrogens with one attached hydrogen (secondary N) is 1. The van der Waals surface area contributed by atoms with E-state index in [9.17, 15) is 0 Å². The maximum atomic E-state index is 5.87. The molecule has 1 aromatic heterocycles. The maximum Gasteiger partial charge on any atom is 0.119 e. The average molecular weight is 341 g/mol. The van der Waals surface area contributed by atoms with E-state index < -0.39 is 0 Å². The van der Waals surface area contributed by atoms with Crippen molar-refractivity contribution in [3.05, 3.63) is 44.6 Å². The Morgan fingerprint density at radius 2 is 2.05 bits per heavy atom. The topological polar surface area (TPSA) is 47.3 Å². The summed E-state index contributed by atoms with van der Waals surface area (Å²) in [5.41, 5.74) is 6.91. The van der Waals surface area contributed by atoms with E-state index in [2.05, 4.69) is 34.2 Å². The third-order valence-electron chi connectivity index (χ3n) is 2.89. The van der Waals surface area contributed by atoms with E-state index in [0.717, 1.165) is 15.9 Å². The first kappa shape index (κ1) is 14.4. The van der Waals surface area contributed by atoms with Gasteiger partial charge in [-0.1, -0.05) is 0 Å². The number of ether oxygens (including phenoxy) is 1. The van der Waals surface area contributed by atoms with Gasteiger partial charge in [0.25, 0.3) is 0 Å². The summed E-state index contributed by atoms with van der Waals surface area (Å²) < 4.78 is 6.29. The first-order valence-corrected chi connectivity index (χ1v) is 7.61. The fourth-order valence-corrected chi connectivity index (χ4v) is 3.41. The van der Waals surface area contributed by atoms with Crippen LogP contribution in [0.25, 0.3) is 0 Å². The number of anilines is 1. The number of nitrogens with two attached hydrogens (primary N) is 1. The summed E-state index contributed by atoms with van der Waals surface area (Å²) in [5, 5.41) is 3.45. The lowest BCUT2D eigenvalue weighted by atomic mass is 10.2. The molecule has 2 rings (SSSR count). The van der Waals surface area contributed by atoms with Crippen LogP contribution in [-0.4, -0.2) is 13.7 Å². The van der Waals surface area contributed by atoms with Crippen LogP contribution in [0.3, 0.4) is 0 Å². The van der Waals surface area contributed by atoms with Crippen molar-refractivity contribution in [2.24, 2.45) is 5.73 Å². The van der Waals surface area contributed by atoms with Gasteiger partial charge in [0.2, 0.25) is 0 Å². The lowest BCUT2D eigenvalue weighted by molar-refractivity contribution is 0.415. The molecule has 0 saturated heterocycles. The van der Waals surface area contributed by atoms with Gasteiger partial charge in [-0.25, -0.2) is 0 Å². The van der Waals surface area contributed by atoms with Crippen molar-refractivity contribution >= 4 is 33.0 Å². The highest BCUT2D eigenvalue weighted by Gasteiger charge is 2.13. The highest BCUT2D eigenvalue weighted by Crippen LogP contribution is 2.32. The molecule has 3 N–H and O–H groups in total. The molecule has 2 aromatic rings. The van der Waals surface area contributed by atoms with Gasteiger partial charge in [-0.05, 0) is 53.2 Å². The number of halogens is 1. The van der Waals surface area contributed by atoms with E-state index in [1.807, 2.05) is 24.3 Å². The molecule has 0 amide bonds. The van der Waals surface area contributed by atoms with Crippen molar-refractivity contribution in [3.63, 3.8) is 0 Å². The van der Waals surface area contributed by atoms with Crippen LogP contribution in [0, 0.1) is 6.92 Å². The molecule has 0 spiro atoms. The molecule has 1 heterocycles. The van der Waals surface area contributed by atoms with Crippen molar-refractivity contribution in [1.82, 2.24) is 0 Å². The molecular weight excluding hydrogens is 324 g/mol. The van der Waals surface area contributed by atoms with Gasteiger partial charge < -0.3 is 15.8 Å². The molecule has 1 atom stereocenters. The van der Waals surface area contributed by atoms with Crippen molar-refractivity contribution in [2.45, 2.75) is 13.0 Å². The molecule has 1 aromatic carbocycles. The lowest BCUT2D eigenvalue weighted by Crippen LogP contribution is -2.19. The Morgan fingerprint density at radius 1 is 1.37 bits per heavy atom. The molecule has 3 nitrogen and oxygen atoms in total. The summed E-state index contributed by atoms with van der Waals surface area (Å²) in [7, 11) is 1.66. The minimum absolute atomic E-state index is 0.128. The third kappa shape index (κ3) is 3.49. The Balaban J connectivity index is 2.13. The number of methoxy groups -OCH3 is 1. The van der Waals surface area contributed by atoms with E-state index in [4.69, 9.17) is 10.5 Å². The largest absolute Gasteiger partial charge is 0.497 e. The summed E-state index contributed by atoms with van der Waals surface area (Å²) in [6.07, 6.45) is 0. The highest BCUT2D eigenvalue weighted by atomic mass is 79.9. The van der Waals surface area contributed by atoms with Crippen LogP contribution in [0.15, 0.2) is 34.8 Å². The fourth-order valence-electron chi connectivity index (χ4n) is 1.79. The van der Waals surface area contributed by atoms with Crippen molar-refractivity contribution < 1.29 is 4.74 Å². The monoisotopic (exact) mass is 340 g/mol. The van der Waals surface area contributed by atoms with E-state index in [1.54, 1.807) is 18.4 Å². The van der Waals surface area contributed by atoms with Gasteiger partial charge in [0, 0.05) is 26.5 Å². The molecule has 19 heavy (non-hydrogen) atoms. The summed E-state index contributed by atoms with van der Waals surface area (Å²) in [5.74, 6) is 0.851. The number of benzene rings is 1. The van der Waals surface area contributed by atoms with Crippen LogP contribution in [0.1, 0.15) is 15.8 Å². The summed E-state index contributed by atoms with van der Waals surface area (Å²) in [6, 6.07) is 10.1. The Morgan fingerprint density at radius 3 is 2.53 bits per heavy atom. The Hall–Kier alpha value is -1.04. The molecular formula is C14H17BrN2OS. The average Bonchev–Trinajstić information content (AvgIpc) is 2.76. The first-order valence-electron chi connectivity index (χ1n) is 6.00. The van der Waals surface area contributed by atoms with Crippen molar-refractivity contribution in [3.8, 4) is 5.75 Å². The van der Waals surface area contributed by atoms with E-state index >= 15 is 0 Å². The summed E-state index contributed by atoms with van der Waals surface area (Å²) in [4.78, 5) is 2.51. The molecule has 0 aliphatic rings. The number of thiophene rings is 1. The molecule has 1 unspecified atom stereocenters. The van der Waals surface area contributed by atoms with Gasteiger partial charge in [-0.2, -0.15) is 0 Å². The van der Waals surface area contributed by atoms with E-state index in [0.29, 0.717) is 6.54 Å².